The van der Waals surface area contributed by atoms with Crippen LogP contribution in [0.4, 0.5) is 5.82 Å². The lowest BCUT2D eigenvalue weighted by Gasteiger charge is -2.27. The normalized spacial score (nSPS) is 15.4. The van der Waals surface area contributed by atoms with Crippen LogP contribution in [0.1, 0.15) is 0 Å². The van der Waals surface area contributed by atoms with Gasteiger partial charge in [0.1, 0.15) is 11.5 Å². The molecule has 1 aromatic carbocycles. The standard InChI is InChI=1S/C16H15BrN4O/c17-12-2-3-13-14(9-12)19-20-16(13)11-1-4-15(18-10-11)21-5-7-22-8-6-21/h1-4,9-10H,5-8H2,(H,19,20). The van der Waals surface area contributed by atoms with Gasteiger partial charge in [-0.2, -0.15) is 5.10 Å². The van der Waals surface area contributed by atoms with Crippen LogP contribution in [-0.4, -0.2) is 41.5 Å². The van der Waals surface area contributed by atoms with E-state index in [9.17, 15) is 0 Å². The molecule has 0 spiro atoms. The Kier molecular flexibility index (Phi) is 3.56. The van der Waals surface area contributed by atoms with Gasteiger partial charge in [-0.15, -0.1) is 0 Å². The highest BCUT2D eigenvalue weighted by Crippen LogP contribution is 2.28. The SMILES string of the molecule is Brc1ccc2c(-c3ccc(N4CCOCC4)nc3)n[nH]c2c1. The first-order valence-corrected chi connectivity index (χ1v) is 8.03. The number of aromatic amines is 1. The third-order valence-corrected chi connectivity index (χ3v) is 4.37. The van der Waals surface area contributed by atoms with E-state index >= 15 is 0 Å². The van der Waals surface area contributed by atoms with Gasteiger partial charge in [-0.05, 0) is 30.3 Å². The van der Waals surface area contributed by atoms with Crippen molar-refractivity contribution in [1.82, 2.24) is 15.2 Å². The number of morpholine rings is 1. The third-order valence-electron chi connectivity index (χ3n) is 3.88. The molecule has 1 aliphatic heterocycles. The summed E-state index contributed by atoms with van der Waals surface area (Å²) in [6.45, 7) is 3.32. The molecule has 0 atom stereocenters. The average molecular weight is 359 g/mol. The summed E-state index contributed by atoms with van der Waals surface area (Å²) >= 11 is 3.48. The van der Waals surface area contributed by atoms with E-state index in [0.717, 1.165) is 58.8 Å². The van der Waals surface area contributed by atoms with E-state index in [0.29, 0.717) is 0 Å². The highest BCUT2D eigenvalue weighted by atomic mass is 79.9. The molecule has 2 aromatic heterocycles. The van der Waals surface area contributed by atoms with Gasteiger partial charge in [0.2, 0.25) is 0 Å². The van der Waals surface area contributed by atoms with E-state index in [1.165, 1.54) is 0 Å². The van der Waals surface area contributed by atoms with Gasteiger partial charge in [0, 0.05) is 34.7 Å². The average Bonchev–Trinajstić information content (AvgIpc) is 2.99. The van der Waals surface area contributed by atoms with Crippen LogP contribution in [-0.2, 0) is 4.74 Å². The molecule has 0 radical (unpaired) electrons. The maximum Gasteiger partial charge on any atom is 0.128 e. The van der Waals surface area contributed by atoms with Crippen molar-refractivity contribution in [3.63, 3.8) is 0 Å². The maximum absolute atomic E-state index is 5.37. The molecule has 22 heavy (non-hydrogen) atoms. The first-order chi connectivity index (χ1) is 10.8. The van der Waals surface area contributed by atoms with Crippen molar-refractivity contribution in [2.24, 2.45) is 0 Å². The predicted octanol–water partition coefficient (Wildman–Crippen LogP) is 3.22. The van der Waals surface area contributed by atoms with Crippen LogP contribution in [0.3, 0.4) is 0 Å². The van der Waals surface area contributed by atoms with Crippen molar-refractivity contribution in [2.45, 2.75) is 0 Å². The Morgan fingerprint density at radius 1 is 1.14 bits per heavy atom. The van der Waals surface area contributed by atoms with Crippen LogP contribution in [0.2, 0.25) is 0 Å². The van der Waals surface area contributed by atoms with E-state index < -0.39 is 0 Å². The predicted molar refractivity (Wildman–Crippen MR) is 90.1 cm³/mol. The number of hydrogen-bond acceptors (Lipinski definition) is 4. The number of nitrogens with one attached hydrogen (secondary N) is 1. The van der Waals surface area contributed by atoms with Crippen molar-refractivity contribution in [3.05, 3.63) is 41.0 Å². The number of rotatable bonds is 2. The zero-order chi connectivity index (χ0) is 14.9. The van der Waals surface area contributed by atoms with E-state index in [1.54, 1.807) is 0 Å². The third kappa shape index (κ3) is 2.48. The Labute approximate surface area is 136 Å². The molecule has 3 heterocycles. The topological polar surface area (TPSA) is 54.0 Å². The molecule has 112 valence electrons. The summed E-state index contributed by atoms with van der Waals surface area (Å²) in [5.74, 6) is 0.995. The zero-order valence-electron chi connectivity index (χ0n) is 11.9. The van der Waals surface area contributed by atoms with Crippen molar-refractivity contribution in [1.29, 1.82) is 0 Å². The molecular formula is C16H15BrN4O. The molecule has 1 saturated heterocycles. The monoisotopic (exact) mass is 358 g/mol. The lowest BCUT2D eigenvalue weighted by Crippen LogP contribution is -2.36. The van der Waals surface area contributed by atoms with Crippen molar-refractivity contribution in [2.75, 3.05) is 31.2 Å². The minimum Gasteiger partial charge on any atom is -0.378 e. The highest BCUT2D eigenvalue weighted by Gasteiger charge is 2.13. The van der Waals surface area contributed by atoms with Gasteiger partial charge in [-0.25, -0.2) is 4.98 Å². The molecule has 4 rings (SSSR count). The summed E-state index contributed by atoms with van der Waals surface area (Å²) in [6.07, 6.45) is 1.89. The first kappa shape index (κ1) is 13.7. The second kappa shape index (κ2) is 5.70. The molecule has 5 nitrogen and oxygen atoms in total. The Hall–Kier alpha value is -1.92. The van der Waals surface area contributed by atoms with Gasteiger partial charge in [0.05, 0.1) is 18.7 Å². The number of pyridine rings is 1. The molecule has 1 N–H and O–H groups in total. The summed E-state index contributed by atoms with van der Waals surface area (Å²) in [7, 11) is 0. The van der Waals surface area contributed by atoms with Crippen LogP contribution in [0.15, 0.2) is 41.0 Å². The smallest absolute Gasteiger partial charge is 0.128 e. The molecule has 0 bridgehead atoms. The number of H-pyrrole nitrogens is 1. The zero-order valence-corrected chi connectivity index (χ0v) is 13.5. The minimum atomic E-state index is 0.766. The van der Waals surface area contributed by atoms with Crippen LogP contribution in [0, 0.1) is 0 Å². The molecule has 0 aliphatic carbocycles. The van der Waals surface area contributed by atoms with Gasteiger partial charge in [0.15, 0.2) is 0 Å². The summed E-state index contributed by atoms with van der Waals surface area (Å²) < 4.78 is 6.41. The maximum atomic E-state index is 5.37. The molecule has 0 unspecified atom stereocenters. The molecule has 0 amide bonds. The summed E-state index contributed by atoms with van der Waals surface area (Å²) in [6, 6.07) is 10.3. The summed E-state index contributed by atoms with van der Waals surface area (Å²) in [4.78, 5) is 6.83. The Bertz CT molecular complexity index is 794. The number of nitrogens with zero attached hydrogens (tertiary/aromatic N) is 3. The number of hydrogen-bond donors (Lipinski definition) is 1. The van der Waals surface area contributed by atoms with Gasteiger partial charge in [0.25, 0.3) is 0 Å². The van der Waals surface area contributed by atoms with Gasteiger partial charge in [-0.3, -0.25) is 5.10 Å². The van der Waals surface area contributed by atoms with Crippen LogP contribution in [0.5, 0.6) is 0 Å². The molecule has 6 heteroatoms. The fourth-order valence-electron chi connectivity index (χ4n) is 2.72. The van der Waals surface area contributed by atoms with Crippen molar-refractivity contribution >= 4 is 32.7 Å². The second-order valence-electron chi connectivity index (χ2n) is 5.27. The number of benzene rings is 1. The van der Waals surface area contributed by atoms with E-state index in [-0.39, 0.29) is 0 Å². The van der Waals surface area contributed by atoms with E-state index in [4.69, 9.17) is 4.74 Å². The number of halogens is 1. The quantitative estimate of drug-likeness (QED) is 0.763. The Morgan fingerprint density at radius 2 is 2.00 bits per heavy atom. The van der Waals surface area contributed by atoms with Crippen molar-refractivity contribution in [3.8, 4) is 11.3 Å². The molecular weight excluding hydrogens is 344 g/mol. The lowest BCUT2D eigenvalue weighted by atomic mass is 10.1. The van der Waals surface area contributed by atoms with Crippen LogP contribution >= 0.6 is 15.9 Å². The number of ether oxygens (including phenoxy) is 1. The largest absolute Gasteiger partial charge is 0.378 e. The first-order valence-electron chi connectivity index (χ1n) is 7.24. The van der Waals surface area contributed by atoms with E-state index in [1.807, 2.05) is 18.3 Å². The van der Waals surface area contributed by atoms with Gasteiger partial charge >= 0.3 is 0 Å². The molecule has 0 saturated carbocycles. The molecule has 3 aromatic rings. The number of anilines is 1. The number of aromatic nitrogens is 3. The Morgan fingerprint density at radius 3 is 2.77 bits per heavy atom. The lowest BCUT2D eigenvalue weighted by molar-refractivity contribution is 0.122. The molecule has 1 fully saturated rings. The van der Waals surface area contributed by atoms with Gasteiger partial charge < -0.3 is 9.64 Å². The van der Waals surface area contributed by atoms with Crippen molar-refractivity contribution < 1.29 is 4.74 Å². The van der Waals surface area contributed by atoms with E-state index in [2.05, 4.69) is 54.2 Å². The minimum absolute atomic E-state index is 0.766. The highest BCUT2D eigenvalue weighted by molar-refractivity contribution is 9.10. The van der Waals surface area contributed by atoms with Crippen LogP contribution in [0.25, 0.3) is 22.2 Å². The van der Waals surface area contributed by atoms with Crippen LogP contribution < -0.4 is 4.90 Å². The summed E-state index contributed by atoms with van der Waals surface area (Å²) in [5.41, 5.74) is 2.97. The Balaban J connectivity index is 1.67. The fraction of sp³-hybridized carbons (Fsp3) is 0.250. The molecule has 1 aliphatic rings. The fourth-order valence-corrected chi connectivity index (χ4v) is 3.08. The number of fused-ring (bicyclic) bond motifs is 1. The second-order valence-corrected chi connectivity index (χ2v) is 6.18. The van der Waals surface area contributed by atoms with Gasteiger partial charge in [-0.1, -0.05) is 15.9 Å². The summed E-state index contributed by atoms with van der Waals surface area (Å²) in [5, 5.41) is 8.60.